The van der Waals surface area contributed by atoms with E-state index >= 15 is 0 Å². The Kier molecular flexibility index (Phi) is 14.9. The number of methoxy groups -OCH3 is 1. The Morgan fingerprint density at radius 2 is 1.29 bits per heavy atom. The van der Waals surface area contributed by atoms with Crippen LogP contribution in [0, 0.1) is 21.3 Å². The van der Waals surface area contributed by atoms with Crippen LogP contribution in [-0.2, 0) is 42.4 Å². The van der Waals surface area contributed by atoms with E-state index in [9.17, 15) is 0 Å². The SMILES string of the molecule is COc1ccc(-c2cccc3[cH-]c(C)cc23)c(C(C)(C)C)c1C(C)(C)C.[CH2-]C1(CCCCCC)C(c2ccccc2-c2ccccc2)=Cc2ccccc21.[CH3-].[Zr+3]. The Bertz CT molecular complexity index is 2240. The average molecular weight is 819 g/mol. The third kappa shape index (κ3) is 9.29. The van der Waals surface area contributed by atoms with E-state index in [1.165, 1.54) is 97.7 Å². The molecule has 0 bridgehead atoms. The minimum absolute atomic E-state index is 0. The second-order valence-electron chi connectivity index (χ2n) is 17.4. The molecule has 289 valence electrons. The van der Waals surface area contributed by atoms with E-state index in [-0.39, 0.29) is 49.9 Å². The minimum Gasteiger partial charge on any atom is -0.496 e. The standard InChI is InChI=1S/C28H29.C25H31O.CH3.Zr/c1-3-4-5-13-20-28(2)26-19-12-9-16-23(26)21-27(28)25-18-11-10-17-24(25)22-14-7-6-8-15-22;1-16-14-17-10-9-11-18(20(17)15-16)19-12-13-21(26-8)23(25(5,6)7)22(19)24(2,3)4;;/h6-12,14-19,21H,2-5,13,20H2,1H3;9-15H,1-8H3;1H3;/q3*-1;+3. The number of allylic oxidation sites excluding steroid dienone is 1. The molecule has 1 unspecified atom stereocenters. The van der Waals surface area contributed by atoms with E-state index in [0.29, 0.717) is 0 Å². The smallest absolute Gasteiger partial charge is 0.496 e. The van der Waals surface area contributed by atoms with E-state index in [1.54, 1.807) is 7.11 Å². The summed E-state index contributed by atoms with van der Waals surface area (Å²) in [7, 11) is 1.78. The van der Waals surface area contributed by atoms with Crippen LogP contribution in [0.4, 0.5) is 0 Å². The Morgan fingerprint density at radius 3 is 1.95 bits per heavy atom. The quantitative estimate of drug-likeness (QED) is 0.104. The number of hydrogen-bond acceptors (Lipinski definition) is 1. The normalized spacial score (nSPS) is 14.9. The van der Waals surface area contributed by atoms with Crippen LogP contribution in [-0.4, -0.2) is 7.11 Å². The van der Waals surface area contributed by atoms with Crippen LogP contribution in [0.1, 0.15) is 114 Å². The molecule has 1 radical (unpaired) electrons. The first-order chi connectivity index (χ1) is 25.8. The number of benzene rings is 5. The summed E-state index contributed by atoms with van der Waals surface area (Å²) in [6, 6.07) is 43.9. The summed E-state index contributed by atoms with van der Waals surface area (Å²) in [5.74, 6) is 0.983. The Hall–Kier alpha value is -3.87. The van der Waals surface area contributed by atoms with E-state index in [1.807, 2.05) is 0 Å². The van der Waals surface area contributed by atoms with Gasteiger partial charge in [0.2, 0.25) is 0 Å². The Balaban J connectivity index is 0.000000241. The topological polar surface area (TPSA) is 9.23 Å². The monoisotopic (exact) mass is 817 g/mol. The van der Waals surface area contributed by atoms with Gasteiger partial charge in [-0.25, -0.2) is 0 Å². The van der Waals surface area contributed by atoms with Crippen LogP contribution in [0.5, 0.6) is 5.75 Å². The van der Waals surface area contributed by atoms with Crippen molar-refractivity contribution >= 4 is 22.4 Å². The summed E-state index contributed by atoms with van der Waals surface area (Å²) >= 11 is 0. The molecule has 0 spiro atoms. The van der Waals surface area contributed by atoms with Crippen molar-refractivity contribution in [1.29, 1.82) is 0 Å². The fraction of sp³-hybridized carbons (Fsp3) is 0.315. The zero-order chi connectivity index (χ0) is 38.7. The molecule has 1 aliphatic carbocycles. The summed E-state index contributed by atoms with van der Waals surface area (Å²) in [5.41, 5.74) is 14.4. The maximum atomic E-state index is 5.79. The molecular weight excluding hydrogens is 756 g/mol. The fourth-order valence-corrected chi connectivity index (χ4v) is 8.66. The van der Waals surface area contributed by atoms with Crippen molar-refractivity contribution in [2.45, 2.75) is 104 Å². The molecule has 56 heavy (non-hydrogen) atoms. The van der Waals surface area contributed by atoms with E-state index in [2.05, 4.69) is 183 Å². The average Bonchev–Trinajstić information content (AvgIpc) is 3.69. The summed E-state index contributed by atoms with van der Waals surface area (Å²) in [6.45, 7) is 23.0. The van der Waals surface area contributed by atoms with Crippen LogP contribution in [0.2, 0.25) is 0 Å². The van der Waals surface area contributed by atoms with Gasteiger partial charge >= 0.3 is 26.2 Å². The van der Waals surface area contributed by atoms with Gasteiger partial charge in [-0.1, -0.05) is 201 Å². The zero-order valence-corrected chi connectivity index (χ0v) is 38.2. The van der Waals surface area contributed by atoms with Gasteiger partial charge in [0.05, 0.1) is 7.11 Å². The number of fused-ring (bicyclic) bond motifs is 2. The summed E-state index contributed by atoms with van der Waals surface area (Å²) in [4.78, 5) is 0. The van der Waals surface area contributed by atoms with E-state index in [4.69, 9.17) is 11.7 Å². The van der Waals surface area contributed by atoms with Crippen molar-refractivity contribution in [3.05, 3.63) is 169 Å². The van der Waals surface area contributed by atoms with Gasteiger partial charge in [-0.3, -0.25) is 0 Å². The first kappa shape index (κ1) is 44.8. The van der Waals surface area contributed by atoms with Gasteiger partial charge in [0.1, 0.15) is 5.75 Å². The molecule has 2 heteroatoms. The number of unbranched alkanes of at least 4 members (excludes halogenated alkanes) is 3. The predicted molar refractivity (Wildman–Crippen MR) is 242 cm³/mol. The molecule has 0 N–H and O–H groups in total. The second-order valence-corrected chi connectivity index (χ2v) is 17.4. The number of aryl methyl sites for hydroxylation is 1. The van der Waals surface area contributed by atoms with Gasteiger partial charge in [0.15, 0.2) is 0 Å². The van der Waals surface area contributed by atoms with Crippen molar-refractivity contribution in [2.75, 3.05) is 7.11 Å². The van der Waals surface area contributed by atoms with Crippen LogP contribution in [0.15, 0.2) is 121 Å². The van der Waals surface area contributed by atoms with Crippen molar-refractivity contribution in [1.82, 2.24) is 0 Å². The predicted octanol–water partition coefficient (Wildman–Crippen LogP) is 15.5. The summed E-state index contributed by atoms with van der Waals surface area (Å²) in [6.07, 6.45) is 8.54. The van der Waals surface area contributed by atoms with Crippen molar-refractivity contribution in [2.24, 2.45) is 0 Å². The number of hydrogen-bond donors (Lipinski definition) is 0. The minimum atomic E-state index is -0.171. The fourth-order valence-electron chi connectivity index (χ4n) is 8.66. The molecule has 0 saturated heterocycles. The molecule has 1 nitrogen and oxygen atoms in total. The third-order valence-electron chi connectivity index (χ3n) is 11.1. The zero-order valence-electron chi connectivity index (χ0n) is 35.8. The number of rotatable bonds is 9. The van der Waals surface area contributed by atoms with Crippen LogP contribution in [0.25, 0.3) is 44.7 Å². The molecule has 0 amide bonds. The molecule has 1 aliphatic rings. The molecule has 6 aromatic rings. The Morgan fingerprint density at radius 1 is 0.661 bits per heavy atom. The molecule has 6 aromatic carbocycles. The van der Waals surface area contributed by atoms with E-state index in [0.717, 1.165) is 12.2 Å². The summed E-state index contributed by atoms with van der Waals surface area (Å²) in [5, 5.41) is 2.65. The van der Waals surface area contributed by atoms with Gasteiger partial charge in [0, 0.05) is 5.56 Å². The van der Waals surface area contributed by atoms with Gasteiger partial charge in [-0.05, 0) is 50.3 Å². The third-order valence-corrected chi connectivity index (χ3v) is 11.1. The molecule has 0 aliphatic heterocycles. The Labute approximate surface area is 359 Å². The molecule has 1 atom stereocenters. The molecule has 0 aromatic heterocycles. The van der Waals surface area contributed by atoms with Gasteiger partial charge in [-0.15, -0.1) is 39.9 Å². The maximum Gasteiger partial charge on any atom is 3.00 e. The number of ether oxygens (including phenoxy) is 1. The van der Waals surface area contributed by atoms with E-state index < -0.39 is 0 Å². The molecular formula is C54H63OZr. The van der Waals surface area contributed by atoms with Crippen LogP contribution < -0.4 is 4.74 Å². The molecule has 7 rings (SSSR count). The van der Waals surface area contributed by atoms with Crippen molar-refractivity contribution < 1.29 is 30.9 Å². The van der Waals surface area contributed by atoms with Gasteiger partial charge < -0.3 is 19.1 Å². The summed E-state index contributed by atoms with van der Waals surface area (Å²) < 4.78 is 5.79. The maximum absolute atomic E-state index is 5.79. The van der Waals surface area contributed by atoms with Gasteiger partial charge in [0.25, 0.3) is 0 Å². The van der Waals surface area contributed by atoms with Crippen LogP contribution in [0.3, 0.4) is 0 Å². The molecule has 0 heterocycles. The van der Waals surface area contributed by atoms with Crippen LogP contribution >= 0.6 is 0 Å². The van der Waals surface area contributed by atoms with Gasteiger partial charge in [-0.2, -0.15) is 6.07 Å². The first-order valence-electron chi connectivity index (χ1n) is 20.0. The largest absolute Gasteiger partial charge is 3.00 e. The molecule has 0 fully saturated rings. The molecule has 0 saturated carbocycles. The first-order valence-corrected chi connectivity index (χ1v) is 20.0. The van der Waals surface area contributed by atoms with Crippen molar-refractivity contribution in [3.8, 4) is 28.0 Å². The van der Waals surface area contributed by atoms with Crippen molar-refractivity contribution in [3.63, 3.8) is 0 Å². The second kappa shape index (κ2) is 18.6.